The predicted molar refractivity (Wildman–Crippen MR) is 74.3 cm³/mol. The first-order valence-electron chi connectivity index (χ1n) is 5.44. The number of nitrogens with zero attached hydrogens (tertiary/aromatic N) is 2. The van der Waals surface area contributed by atoms with Gasteiger partial charge in [0.25, 0.3) is 0 Å². The number of imidazole rings is 1. The van der Waals surface area contributed by atoms with Gasteiger partial charge in [-0.3, -0.25) is 9.36 Å². The standard InChI is InChI=1S/C12H9BrF2N2O2S/c1-6-4-17(12(16-6)20-5-11(18)19)10-3-8(14)7(13)2-9(10)15/h2-4H,5H2,1H3,(H,18,19). The fourth-order valence-electron chi connectivity index (χ4n) is 1.57. The second-order valence-electron chi connectivity index (χ2n) is 3.94. The lowest BCUT2D eigenvalue weighted by Crippen LogP contribution is -2.03. The number of aryl methyl sites for hydroxylation is 1. The van der Waals surface area contributed by atoms with Crippen LogP contribution in [0.1, 0.15) is 5.69 Å². The zero-order chi connectivity index (χ0) is 14.9. The van der Waals surface area contributed by atoms with Gasteiger partial charge in [-0.1, -0.05) is 11.8 Å². The highest BCUT2D eigenvalue weighted by Crippen LogP contribution is 2.27. The van der Waals surface area contributed by atoms with Crippen LogP contribution < -0.4 is 0 Å². The second kappa shape index (κ2) is 5.92. The number of thioether (sulfide) groups is 1. The van der Waals surface area contributed by atoms with Gasteiger partial charge in [0.1, 0.15) is 11.6 Å². The molecule has 0 aliphatic heterocycles. The molecule has 0 aliphatic carbocycles. The summed E-state index contributed by atoms with van der Waals surface area (Å²) in [5, 5.41) is 8.98. The maximum atomic E-state index is 13.9. The molecule has 2 rings (SSSR count). The Morgan fingerprint density at radius 2 is 2.15 bits per heavy atom. The Morgan fingerprint density at radius 1 is 1.45 bits per heavy atom. The van der Waals surface area contributed by atoms with Crippen LogP contribution in [0.2, 0.25) is 0 Å². The molecule has 1 aromatic heterocycles. The molecule has 2 aromatic rings. The van der Waals surface area contributed by atoms with E-state index in [1.54, 1.807) is 6.92 Å². The van der Waals surface area contributed by atoms with Gasteiger partial charge in [-0.05, 0) is 28.9 Å². The van der Waals surface area contributed by atoms with Crippen LogP contribution in [0.15, 0.2) is 28.0 Å². The summed E-state index contributed by atoms with van der Waals surface area (Å²) in [6.45, 7) is 1.69. The number of halogens is 3. The molecular formula is C12H9BrF2N2O2S. The molecule has 0 atom stereocenters. The van der Waals surface area contributed by atoms with Gasteiger partial charge >= 0.3 is 5.97 Å². The highest BCUT2D eigenvalue weighted by atomic mass is 79.9. The molecule has 1 N–H and O–H groups in total. The van der Waals surface area contributed by atoms with Crippen molar-refractivity contribution < 1.29 is 18.7 Å². The minimum absolute atomic E-state index is 0.0146. The Bertz CT molecular complexity index is 676. The van der Waals surface area contributed by atoms with Gasteiger partial charge in [0, 0.05) is 12.3 Å². The molecule has 0 unspecified atom stereocenters. The summed E-state index contributed by atoms with van der Waals surface area (Å²) in [5.41, 5.74) is 0.569. The van der Waals surface area contributed by atoms with Gasteiger partial charge in [-0.15, -0.1) is 0 Å². The molecule has 4 nitrogen and oxygen atoms in total. The molecule has 0 fully saturated rings. The Labute approximate surface area is 125 Å². The first-order valence-corrected chi connectivity index (χ1v) is 7.22. The number of carbonyl (C=O) groups is 1. The first-order chi connectivity index (χ1) is 9.38. The van der Waals surface area contributed by atoms with E-state index in [0.717, 1.165) is 23.9 Å². The van der Waals surface area contributed by atoms with Gasteiger partial charge in [0.15, 0.2) is 5.16 Å². The summed E-state index contributed by atoms with van der Waals surface area (Å²) in [5.74, 6) is -2.46. The second-order valence-corrected chi connectivity index (χ2v) is 5.73. The molecule has 20 heavy (non-hydrogen) atoms. The summed E-state index contributed by atoms with van der Waals surface area (Å²) in [6, 6.07) is 2.05. The number of hydrogen-bond donors (Lipinski definition) is 1. The van der Waals surface area contributed by atoms with Crippen LogP contribution in [0.3, 0.4) is 0 Å². The summed E-state index contributed by atoms with van der Waals surface area (Å²) in [7, 11) is 0. The van der Waals surface area contributed by atoms with Crippen molar-refractivity contribution in [1.82, 2.24) is 9.55 Å². The Morgan fingerprint density at radius 3 is 2.80 bits per heavy atom. The summed E-state index contributed by atoms with van der Waals surface area (Å²) in [4.78, 5) is 14.7. The number of aromatic nitrogens is 2. The highest BCUT2D eigenvalue weighted by Gasteiger charge is 2.15. The monoisotopic (exact) mass is 362 g/mol. The van der Waals surface area contributed by atoms with E-state index in [2.05, 4.69) is 20.9 Å². The zero-order valence-electron chi connectivity index (χ0n) is 10.2. The quantitative estimate of drug-likeness (QED) is 0.668. The SMILES string of the molecule is Cc1cn(-c2cc(F)c(Br)cc2F)c(SCC(=O)O)n1. The molecule has 0 amide bonds. The van der Waals surface area contributed by atoms with Gasteiger partial charge in [-0.25, -0.2) is 13.8 Å². The first kappa shape index (κ1) is 15.0. The van der Waals surface area contributed by atoms with E-state index in [-0.39, 0.29) is 15.9 Å². The van der Waals surface area contributed by atoms with Crippen LogP contribution >= 0.6 is 27.7 Å². The normalized spacial score (nSPS) is 10.8. The number of carboxylic acid groups (broad SMARTS) is 1. The van der Waals surface area contributed by atoms with E-state index in [4.69, 9.17) is 5.11 Å². The molecule has 0 aliphatic rings. The topological polar surface area (TPSA) is 55.1 Å². The van der Waals surface area contributed by atoms with Crippen molar-refractivity contribution in [2.75, 3.05) is 5.75 Å². The molecule has 1 heterocycles. The van der Waals surface area contributed by atoms with Gasteiger partial charge < -0.3 is 5.11 Å². The van der Waals surface area contributed by atoms with Gasteiger partial charge in [0.05, 0.1) is 21.6 Å². The molecule has 1 aromatic carbocycles. The molecule has 8 heteroatoms. The lowest BCUT2D eigenvalue weighted by Gasteiger charge is -2.08. The molecule has 0 spiro atoms. The third kappa shape index (κ3) is 3.18. The third-order valence-corrected chi connectivity index (χ3v) is 3.91. The van der Waals surface area contributed by atoms with Crippen molar-refractivity contribution in [2.24, 2.45) is 0 Å². The van der Waals surface area contributed by atoms with Crippen molar-refractivity contribution in [1.29, 1.82) is 0 Å². The summed E-state index contributed by atoms with van der Waals surface area (Å²) < 4.78 is 28.8. The van der Waals surface area contributed by atoms with Crippen molar-refractivity contribution >= 4 is 33.7 Å². The van der Waals surface area contributed by atoms with Crippen LogP contribution in [-0.2, 0) is 4.79 Å². The lowest BCUT2D eigenvalue weighted by molar-refractivity contribution is -0.133. The maximum Gasteiger partial charge on any atom is 0.313 e. The number of aliphatic carboxylic acids is 1. The summed E-state index contributed by atoms with van der Waals surface area (Å²) in [6.07, 6.45) is 1.52. The lowest BCUT2D eigenvalue weighted by atomic mass is 10.3. The van der Waals surface area contributed by atoms with E-state index >= 15 is 0 Å². The number of rotatable bonds is 4. The predicted octanol–water partition coefficient (Wildman–Crippen LogP) is 3.40. The summed E-state index contributed by atoms with van der Waals surface area (Å²) >= 11 is 3.84. The van der Waals surface area contributed by atoms with E-state index in [0.29, 0.717) is 10.9 Å². The molecule has 0 saturated carbocycles. The smallest absolute Gasteiger partial charge is 0.313 e. The fourth-order valence-corrected chi connectivity index (χ4v) is 2.64. The maximum absolute atomic E-state index is 13.9. The van der Waals surface area contributed by atoms with Crippen LogP contribution in [0.4, 0.5) is 8.78 Å². The number of hydrogen-bond acceptors (Lipinski definition) is 3. The van der Waals surface area contributed by atoms with Crippen molar-refractivity contribution in [2.45, 2.75) is 12.1 Å². The molecule has 0 radical (unpaired) electrons. The number of carboxylic acids is 1. The average Bonchev–Trinajstić information content (AvgIpc) is 2.72. The van der Waals surface area contributed by atoms with E-state index in [1.165, 1.54) is 10.8 Å². The Hall–Kier alpha value is -1.41. The van der Waals surface area contributed by atoms with E-state index in [1.807, 2.05) is 0 Å². The molecular weight excluding hydrogens is 354 g/mol. The molecule has 0 bridgehead atoms. The molecule has 0 saturated heterocycles. The number of benzene rings is 1. The average molecular weight is 363 g/mol. The van der Waals surface area contributed by atoms with Crippen molar-refractivity contribution in [3.63, 3.8) is 0 Å². The minimum Gasteiger partial charge on any atom is -0.481 e. The van der Waals surface area contributed by atoms with Crippen LogP contribution in [0.5, 0.6) is 0 Å². The zero-order valence-corrected chi connectivity index (χ0v) is 12.6. The fraction of sp³-hybridized carbons (Fsp3) is 0.167. The van der Waals surface area contributed by atoms with Crippen molar-refractivity contribution in [3.05, 3.63) is 40.1 Å². The highest BCUT2D eigenvalue weighted by molar-refractivity contribution is 9.10. The van der Waals surface area contributed by atoms with E-state index in [9.17, 15) is 13.6 Å². The Kier molecular flexibility index (Phi) is 4.44. The molecule has 106 valence electrons. The van der Waals surface area contributed by atoms with Crippen molar-refractivity contribution in [3.8, 4) is 5.69 Å². The third-order valence-electron chi connectivity index (χ3n) is 2.37. The van der Waals surface area contributed by atoms with Crippen LogP contribution in [0, 0.1) is 18.6 Å². The Balaban J connectivity index is 2.47. The van der Waals surface area contributed by atoms with Crippen LogP contribution in [0.25, 0.3) is 5.69 Å². The largest absolute Gasteiger partial charge is 0.481 e. The van der Waals surface area contributed by atoms with Crippen LogP contribution in [-0.4, -0.2) is 26.4 Å². The van der Waals surface area contributed by atoms with Gasteiger partial charge in [0.2, 0.25) is 0 Å². The van der Waals surface area contributed by atoms with Gasteiger partial charge in [-0.2, -0.15) is 0 Å². The minimum atomic E-state index is -1.01. The van der Waals surface area contributed by atoms with E-state index < -0.39 is 17.6 Å².